The highest BCUT2D eigenvalue weighted by molar-refractivity contribution is 6.10. The van der Waals surface area contributed by atoms with Crippen molar-refractivity contribution in [1.29, 1.82) is 0 Å². The maximum absolute atomic E-state index is 6.49. The summed E-state index contributed by atoms with van der Waals surface area (Å²) in [5.41, 5.74) is 13.5. The molecular formula is C46H28N2O2. The van der Waals surface area contributed by atoms with Gasteiger partial charge in [0.15, 0.2) is 11.4 Å². The first-order chi connectivity index (χ1) is 24.8. The maximum Gasteiger partial charge on any atom is 0.180 e. The number of para-hydroxylation sites is 2. The fraction of sp³-hybridized carbons (Fsp3) is 0. The number of rotatable bonds is 5. The minimum absolute atomic E-state index is 0.672. The molecule has 0 saturated carbocycles. The zero-order valence-electron chi connectivity index (χ0n) is 26.9. The number of hydrogen-bond acceptors (Lipinski definition) is 4. The second-order valence-corrected chi connectivity index (χ2v) is 12.6. The number of nitrogens with zero attached hydrogens (tertiary/aromatic N) is 2. The number of fused-ring (bicyclic) bond motifs is 6. The Morgan fingerprint density at radius 2 is 0.900 bits per heavy atom. The standard InChI is InChI=1S/C46H28N2O2/c1-3-12-29(13-4-1)42-45-43(48-46(47-42)30-14-5-2-6-15-30)39-28-34(24-25-41(39)50-45)32-17-9-16-31(26-32)33-18-10-19-35(27-33)36-21-11-22-38-37-20-7-8-23-40(37)49-44(36)38/h1-28H. The van der Waals surface area contributed by atoms with Gasteiger partial charge in [0, 0.05) is 32.8 Å². The van der Waals surface area contributed by atoms with Crippen LogP contribution in [0.1, 0.15) is 0 Å². The van der Waals surface area contributed by atoms with Crippen LogP contribution in [0, 0.1) is 0 Å². The predicted octanol–water partition coefficient (Wildman–Crippen LogP) is 12.6. The van der Waals surface area contributed by atoms with Crippen LogP contribution in [0.3, 0.4) is 0 Å². The first-order valence-electron chi connectivity index (χ1n) is 16.7. The van der Waals surface area contributed by atoms with Crippen LogP contribution in [0.2, 0.25) is 0 Å². The lowest BCUT2D eigenvalue weighted by Gasteiger charge is -2.09. The van der Waals surface area contributed by atoms with Crippen molar-refractivity contribution in [3.8, 4) is 56.0 Å². The van der Waals surface area contributed by atoms with E-state index in [1.165, 1.54) is 0 Å². The highest BCUT2D eigenvalue weighted by atomic mass is 16.3. The molecule has 10 rings (SSSR count). The van der Waals surface area contributed by atoms with E-state index >= 15 is 0 Å². The second kappa shape index (κ2) is 11.4. The predicted molar refractivity (Wildman–Crippen MR) is 204 cm³/mol. The summed E-state index contributed by atoms with van der Waals surface area (Å²) in [5.74, 6) is 0.672. The van der Waals surface area contributed by atoms with Gasteiger partial charge in [0.2, 0.25) is 0 Å². The summed E-state index contributed by atoms with van der Waals surface area (Å²) in [6.45, 7) is 0. The molecule has 50 heavy (non-hydrogen) atoms. The van der Waals surface area contributed by atoms with Crippen LogP contribution in [0.25, 0.3) is 100 Å². The minimum Gasteiger partial charge on any atom is -0.455 e. The molecule has 0 bridgehead atoms. The van der Waals surface area contributed by atoms with Crippen LogP contribution in [0.4, 0.5) is 0 Å². The van der Waals surface area contributed by atoms with Gasteiger partial charge in [-0.1, -0.05) is 140 Å². The lowest BCUT2D eigenvalue weighted by molar-refractivity contribution is 0.667. The number of benzene rings is 7. The van der Waals surface area contributed by atoms with Gasteiger partial charge in [-0.25, -0.2) is 9.97 Å². The van der Waals surface area contributed by atoms with E-state index in [0.29, 0.717) is 11.4 Å². The SMILES string of the molecule is c1ccc(-c2nc(-c3ccccc3)c3oc4ccc(-c5cccc(-c6cccc(-c7cccc8c7oc7ccccc78)c6)c5)cc4c3n2)cc1. The molecule has 0 fully saturated rings. The third-order valence-corrected chi connectivity index (χ3v) is 9.50. The fourth-order valence-corrected chi connectivity index (χ4v) is 7.05. The van der Waals surface area contributed by atoms with Crippen molar-refractivity contribution in [1.82, 2.24) is 9.97 Å². The van der Waals surface area contributed by atoms with Gasteiger partial charge in [-0.05, 0) is 58.1 Å². The summed E-state index contributed by atoms with van der Waals surface area (Å²) < 4.78 is 12.9. The molecule has 0 radical (unpaired) electrons. The van der Waals surface area contributed by atoms with E-state index < -0.39 is 0 Å². The van der Waals surface area contributed by atoms with Crippen LogP contribution in [-0.2, 0) is 0 Å². The second-order valence-electron chi connectivity index (χ2n) is 12.6. The van der Waals surface area contributed by atoms with Crippen molar-refractivity contribution >= 4 is 44.0 Å². The summed E-state index contributed by atoms with van der Waals surface area (Å²) in [6, 6.07) is 58.7. The Kier molecular flexibility index (Phi) is 6.46. The minimum atomic E-state index is 0.672. The molecule has 4 nitrogen and oxygen atoms in total. The van der Waals surface area contributed by atoms with Gasteiger partial charge in [0.25, 0.3) is 0 Å². The van der Waals surface area contributed by atoms with E-state index in [1.807, 2.05) is 66.7 Å². The highest BCUT2D eigenvalue weighted by Crippen LogP contribution is 2.39. The molecule has 0 saturated heterocycles. The summed E-state index contributed by atoms with van der Waals surface area (Å²) in [5, 5.41) is 3.22. The summed E-state index contributed by atoms with van der Waals surface area (Å²) in [4.78, 5) is 10.1. The third-order valence-electron chi connectivity index (χ3n) is 9.50. The number of furan rings is 2. The topological polar surface area (TPSA) is 52.1 Å². The average Bonchev–Trinajstić information content (AvgIpc) is 3.76. The van der Waals surface area contributed by atoms with Gasteiger partial charge in [-0.3, -0.25) is 0 Å². The Hall–Kier alpha value is -6.78. The third kappa shape index (κ3) is 4.69. The average molecular weight is 641 g/mol. The monoisotopic (exact) mass is 640 g/mol. The Morgan fingerprint density at radius 3 is 1.68 bits per heavy atom. The van der Waals surface area contributed by atoms with Gasteiger partial charge in [0.1, 0.15) is 28.0 Å². The Morgan fingerprint density at radius 1 is 0.340 bits per heavy atom. The molecule has 0 aliphatic rings. The van der Waals surface area contributed by atoms with E-state index in [1.54, 1.807) is 0 Å². The van der Waals surface area contributed by atoms with Gasteiger partial charge >= 0.3 is 0 Å². The molecule has 4 heteroatoms. The van der Waals surface area contributed by atoms with Gasteiger partial charge in [0.05, 0.1) is 0 Å². The summed E-state index contributed by atoms with van der Waals surface area (Å²) >= 11 is 0. The van der Waals surface area contributed by atoms with Crippen molar-refractivity contribution in [2.45, 2.75) is 0 Å². The number of hydrogen-bond donors (Lipinski definition) is 0. The maximum atomic E-state index is 6.49. The van der Waals surface area contributed by atoms with E-state index in [-0.39, 0.29) is 0 Å². The molecule has 0 atom stereocenters. The first kappa shape index (κ1) is 28.3. The van der Waals surface area contributed by atoms with Crippen LogP contribution in [0.15, 0.2) is 179 Å². The van der Waals surface area contributed by atoms with Crippen LogP contribution >= 0.6 is 0 Å². The van der Waals surface area contributed by atoms with Gasteiger partial charge < -0.3 is 8.83 Å². The zero-order valence-corrected chi connectivity index (χ0v) is 26.9. The summed E-state index contributed by atoms with van der Waals surface area (Å²) in [7, 11) is 0. The van der Waals surface area contributed by atoms with E-state index in [0.717, 1.165) is 88.6 Å². The first-order valence-corrected chi connectivity index (χ1v) is 16.7. The normalized spacial score (nSPS) is 11.6. The molecule has 0 spiro atoms. The van der Waals surface area contributed by atoms with Crippen LogP contribution < -0.4 is 0 Å². The molecule has 0 aliphatic carbocycles. The largest absolute Gasteiger partial charge is 0.455 e. The van der Waals surface area contributed by atoms with Crippen molar-refractivity contribution in [3.05, 3.63) is 170 Å². The van der Waals surface area contributed by atoms with Crippen LogP contribution in [-0.4, -0.2) is 9.97 Å². The Balaban J connectivity index is 1.08. The quantitative estimate of drug-likeness (QED) is 0.188. The summed E-state index contributed by atoms with van der Waals surface area (Å²) in [6.07, 6.45) is 0. The highest BCUT2D eigenvalue weighted by Gasteiger charge is 2.19. The smallest absolute Gasteiger partial charge is 0.180 e. The molecule has 7 aromatic carbocycles. The molecule has 3 aromatic heterocycles. The Bertz CT molecular complexity index is 2870. The van der Waals surface area contributed by atoms with Crippen molar-refractivity contribution in [2.24, 2.45) is 0 Å². The van der Waals surface area contributed by atoms with Crippen molar-refractivity contribution in [2.75, 3.05) is 0 Å². The van der Waals surface area contributed by atoms with Crippen molar-refractivity contribution < 1.29 is 8.83 Å². The fourth-order valence-electron chi connectivity index (χ4n) is 7.05. The van der Waals surface area contributed by atoms with E-state index in [2.05, 4.69) is 103 Å². The number of aromatic nitrogens is 2. The van der Waals surface area contributed by atoms with E-state index in [9.17, 15) is 0 Å². The van der Waals surface area contributed by atoms with Crippen LogP contribution in [0.5, 0.6) is 0 Å². The molecular weight excluding hydrogens is 613 g/mol. The van der Waals surface area contributed by atoms with Crippen molar-refractivity contribution in [3.63, 3.8) is 0 Å². The molecule has 234 valence electrons. The van der Waals surface area contributed by atoms with Gasteiger partial charge in [-0.2, -0.15) is 0 Å². The van der Waals surface area contributed by atoms with E-state index in [4.69, 9.17) is 18.8 Å². The molecule has 0 N–H and O–H groups in total. The molecule has 10 aromatic rings. The lowest BCUT2D eigenvalue weighted by atomic mass is 9.95. The lowest BCUT2D eigenvalue weighted by Crippen LogP contribution is -1.93. The molecule has 0 aliphatic heterocycles. The molecule has 0 unspecified atom stereocenters. The zero-order chi connectivity index (χ0) is 33.0. The molecule has 3 heterocycles. The van der Waals surface area contributed by atoms with Gasteiger partial charge in [-0.15, -0.1) is 0 Å². The molecule has 0 amide bonds. The Labute approximate surface area is 287 Å².